The number of fused-ring (bicyclic) bond motifs is 1. The number of hydrogen-bond acceptors (Lipinski definition) is 3. The standard InChI is InChI=1S/C14H6BrCl2NO2S/c15-8-4-7-11(18-14(20)13(7)19)5-12(8)21-6-1-2-9(16)10(17)3-6/h1-5H,(H,18,19,20). The maximum atomic E-state index is 11.6. The summed E-state index contributed by atoms with van der Waals surface area (Å²) in [6.07, 6.45) is 0. The summed E-state index contributed by atoms with van der Waals surface area (Å²) in [6.45, 7) is 0. The lowest BCUT2D eigenvalue weighted by Gasteiger charge is -2.08. The topological polar surface area (TPSA) is 46.2 Å². The van der Waals surface area contributed by atoms with Crippen LogP contribution < -0.4 is 5.32 Å². The number of ketones is 1. The van der Waals surface area contributed by atoms with Crippen LogP contribution in [-0.2, 0) is 4.79 Å². The Bertz CT molecular complexity index is 795. The highest BCUT2D eigenvalue weighted by Gasteiger charge is 2.29. The Kier molecular flexibility index (Phi) is 4.01. The lowest BCUT2D eigenvalue weighted by Crippen LogP contribution is -2.12. The van der Waals surface area contributed by atoms with E-state index in [-0.39, 0.29) is 0 Å². The zero-order chi connectivity index (χ0) is 15.1. The number of hydrogen-bond donors (Lipinski definition) is 1. The summed E-state index contributed by atoms with van der Waals surface area (Å²) in [5.41, 5.74) is 0.904. The van der Waals surface area contributed by atoms with Crippen molar-refractivity contribution in [1.29, 1.82) is 0 Å². The lowest BCUT2D eigenvalue weighted by molar-refractivity contribution is -0.112. The molecule has 2 aromatic carbocycles. The summed E-state index contributed by atoms with van der Waals surface area (Å²) in [6, 6.07) is 8.74. The van der Waals surface area contributed by atoms with Gasteiger partial charge >= 0.3 is 0 Å². The Labute approximate surface area is 143 Å². The Hall–Kier alpha value is -1.01. The van der Waals surface area contributed by atoms with Crippen LogP contribution in [0.5, 0.6) is 0 Å². The van der Waals surface area contributed by atoms with Crippen molar-refractivity contribution in [2.24, 2.45) is 0 Å². The van der Waals surface area contributed by atoms with Crippen molar-refractivity contribution < 1.29 is 9.59 Å². The minimum atomic E-state index is -0.603. The van der Waals surface area contributed by atoms with Gasteiger partial charge in [-0.25, -0.2) is 0 Å². The number of benzene rings is 2. The molecule has 1 aliphatic heterocycles. The van der Waals surface area contributed by atoms with Gasteiger partial charge in [0.25, 0.3) is 11.7 Å². The molecule has 1 N–H and O–H groups in total. The maximum absolute atomic E-state index is 11.6. The highest BCUT2D eigenvalue weighted by atomic mass is 79.9. The highest BCUT2D eigenvalue weighted by Crippen LogP contribution is 2.40. The number of nitrogens with one attached hydrogen (secondary N) is 1. The van der Waals surface area contributed by atoms with E-state index in [4.69, 9.17) is 23.2 Å². The van der Waals surface area contributed by atoms with E-state index in [0.717, 1.165) is 14.3 Å². The summed E-state index contributed by atoms with van der Waals surface area (Å²) in [7, 11) is 0. The molecule has 1 heterocycles. The number of carbonyl (C=O) groups is 2. The van der Waals surface area contributed by atoms with E-state index in [1.54, 1.807) is 24.3 Å². The van der Waals surface area contributed by atoms with E-state index in [2.05, 4.69) is 21.2 Å². The summed E-state index contributed by atoms with van der Waals surface area (Å²) in [4.78, 5) is 24.8. The first-order valence-corrected chi connectivity index (χ1v) is 8.14. The molecule has 1 amide bonds. The minimum Gasteiger partial charge on any atom is -0.318 e. The van der Waals surface area contributed by atoms with Gasteiger partial charge in [-0.2, -0.15) is 0 Å². The fourth-order valence-corrected chi connectivity index (χ4v) is 3.74. The first-order chi connectivity index (χ1) is 9.95. The van der Waals surface area contributed by atoms with Crippen LogP contribution in [0.4, 0.5) is 5.69 Å². The molecule has 0 aliphatic carbocycles. The van der Waals surface area contributed by atoms with Crippen LogP contribution in [0, 0.1) is 0 Å². The molecule has 0 atom stereocenters. The number of carbonyl (C=O) groups excluding carboxylic acids is 2. The molecule has 0 saturated carbocycles. The second-order valence-corrected chi connectivity index (χ2v) is 7.07. The lowest BCUT2D eigenvalue weighted by atomic mass is 10.1. The van der Waals surface area contributed by atoms with E-state index in [1.807, 2.05) is 6.07 Å². The summed E-state index contributed by atoms with van der Waals surface area (Å²) in [5.74, 6) is -1.12. The van der Waals surface area contributed by atoms with Gasteiger partial charge in [0.2, 0.25) is 0 Å². The van der Waals surface area contributed by atoms with Crippen LogP contribution in [0.15, 0.2) is 44.6 Å². The molecule has 0 spiro atoms. The molecule has 3 rings (SSSR count). The van der Waals surface area contributed by atoms with Crippen LogP contribution in [0.25, 0.3) is 0 Å². The normalized spacial score (nSPS) is 13.3. The SMILES string of the molecule is O=C1Nc2cc(Sc3ccc(Cl)c(Cl)c3)c(Br)cc2C1=O. The van der Waals surface area contributed by atoms with E-state index < -0.39 is 11.7 Å². The van der Waals surface area contributed by atoms with Crippen LogP contribution in [0.3, 0.4) is 0 Å². The molecule has 2 aromatic rings. The van der Waals surface area contributed by atoms with Crippen LogP contribution in [0.2, 0.25) is 10.0 Å². The third-order valence-corrected chi connectivity index (χ3v) is 5.59. The summed E-state index contributed by atoms with van der Waals surface area (Å²) < 4.78 is 0.738. The van der Waals surface area contributed by atoms with Gasteiger partial charge < -0.3 is 5.32 Å². The van der Waals surface area contributed by atoms with Gasteiger partial charge in [0.15, 0.2) is 0 Å². The molecule has 0 unspecified atom stereocenters. The van der Waals surface area contributed by atoms with Crippen LogP contribution in [0.1, 0.15) is 10.4 Å². The smallest absolute Gasteiger partial charge is 0.296 e. The average molecular weight is 403 g/mol. The number of rotatable bonds is 2. The first kappa shape index (κ1) is 14.9. The number of Topliss-reactive ketones (excluding diaryl/α,β-unsaturated/α-hetero) is 1. The molecule has 0 bridgehead atoms. The van der Waals surface area contributed by atoms with Crippen LogP contribution >= 0.6 is 50.9 Å². The molecule has 0 fully saturated rings. The quantitative estimate of drug-likeness (QED) is 0.715. The molecule has 1 aliphatic rings. The monoisotopic (exact) mass is 401 g/mol. The van der Waals surface area contributed by atoms with E-state index >= 15 is 0 Å². The maximum Gasteiger partial charge on any atom is 0.296 e. The number of amides is 1. The largest absolute Gasteiger partial charge is 0.318 e. The minimum absolute atomic E-state index is 0.380. The number of halogens is 3. The van der Waals surface area contributed by atoms with E-state index in [1.165, 1.54) is 11.8 Å². The molecular weight excluding hydrogens is 397 g/mol. The van der Waals surface area contributed by atoms with Gasteiger partial charge in [-0.05, 0) is 46.3 Å². The fourth-order valence-electron chi connectivity index (χ4n) is 1.89. The van der Waals surface area contributed by atoms with Crippen molar-refractivity contribution in [2.45, 2.75) is 9.79 Å². The molecule has 3 nitrogen and oxygen atoms in total. The van der Waals surface area contributed by atoms with E-state index in [0.29, 0.717) is 21.3 Å². The molecular formula is C14H6BrCl2NO2S. The van der Waals surface area contributed by atoms with Crippen LogP contribution in [-0.4, -0.2) is 11.7 Å². The first-order valence-electron chi connectivity index (χ1n) is 5.78. The van der Waals surface area contributed by atoms with Crippen molar-refractivity contribution in [3.63, 3.8) is 0 Å². The molecule has 106 valence electrons. The zero-order valence-electron chi connectivity index (χ0n) is 10.2. The van der Waals surface area contributed by atoms with E-state index in [9.17, 15) is 9.59 Å². The van der Waals surface area contributed by atoms with Crippen molar-refractivity contribution in [3.05, 3.63) is 50.4 Å². The number of anilines is 1. The van der Waals surface area contributed by atoms with Crippen molar-refractivity contribution in [2.75, 3.05) is 5.32 Å². The van der Waals surface area contributed by atoms with Gasteiger partial charge in [-0.1, -0.05) is 35.0 Å². The Morgan fingerprint density at radius 2 is 1.81 bits per heavy atom. The molecule has 21 heavy (non-hydrogen) atoms. The zero-order valence-corrected chi connectivity index (χ0v) is 14.2. The Morgan fingerprint density at radius 1 is 1.05 bits per heavy atom. The summed E-state index contributed by atoms with van der Waals surface area (Å²) in [5, 5.41) is 3.52. The average Bonchev–Trinajstić information content (AvgIpc) is 2.70. The molecule has 7 heteroatoms. The second kappa shape index (κ2) is 5.65. The second-order valence-electron chi connectivity index (χ2n) is 4.29. The van der Waals surface area contributed by atoms with Crippen molar-refractivity contribution in [3.8, 4) is 0 Å². The van der Waals surface area contributed by atoms with Crippen molar-refractivity contribution >= 4 is 68.3 Å². The van der Waals surface area contributed by atoms with Gasteiger partial charge in [-0.3, -0.25) is 9.59 Å². The highest BCUT2D eigenvalue weighted by molar-refractivity contribution is 9.10. The Balaban J connectivity index is 1.97. The molecule has 0 radical (unpaired) electrons. The van der Waals surface area contributed by atoms with Gasteiger partial charge in [-0.15, -0.1) is 0 Å². The van der Waals surface area contributed by atoms with Gasteiger partial charge in [0.05, 0.1) is 21.3 Å². The predicted octanol–water partition coefficient (Wildman–Crippen LogP) is 5.04. The third-order valence-electron chi connectivity index (χ3n) is 2.89. The van der Waals surface area contributed by atoms with Gasteiger partial charge in [0, 0.05) is 14.3 Å². The molecule has 0 aromatic heterocycles. The molecule has 0 saturated heterocycles. The Morgan fingerprint density at radius 3 is 2.52 bits per heavy atom. The van der Waals surface area contributed by atoms with Gasteiger partial charge in [0.1, 0.15) is 0 Å². The fraction of sp³-hybridized carbons (Fsp3) is 0. The third kappa shape index (κ3) is 2.83. The summed E-state index contributed by atoms with van der Waals surface area (Å²) >= 11 is 16.8. The van der Waals surface area contributed by atoms with Crippen molar-refractivity contribution in [1.82, 2.24) is 0 Å². The predicted molar refractivity (Wildman–Crippen MR) is 87.7 cm³/mol.